The Hall–Kier alpha value is -5.61. The molecule has 69 heavy (non-hydrogen) atoms. The van der Waals surface area contributed by atoms with Crippen LogP contribution in [0.1, 0.15) is 40.3 Å². The monoisotopic (exact) mass is 938 g/mol. The molecule has 2 fully saturated rings. The molecule has 10 atom stereocenters. The zero-order valence-corrected chi connectivity index (χ0v) is 38.9. The quantitative estimate of drug-likeness (QED) is 0.0583. The highest BCUT2D eigenvalue weighted by Gasteiger charge is 2.54. The smallest absolute Gasteiger partial charge is 0.302 e. The standard InChI is InChI=1S/C57H62O12/c1-41(58)62-38-48-49(39-60-32-42-20-8-2-9-21-42)68-57(55(66-37-47-30-18-7-19-31-47)51(48)63-34-44-24-12-4-13-25-44)69-52-50(40-61-33-43-22-10-3-11-23-43)67-56(59)54(65-36-46-28-16-6-17-29-46)53(52)64-35-45-26-14-5-15-27-45/h2-31,48-57,59H,32-40H2,1H3/t48-,49-,50-,51+,52-,53+,54-,55-,56+,57+/m1/s1. The van der Waals surface area contributed by atoms with Crippen molar-refractivity contribution in [2.45, 2.75) is 102 Å². The van der Waals surface area contributed by atoms with Gasteiger partial charge in [-0.15, -0.1) is 0 Å². The Morgan fingerprint density at radius 2 is 0.783 bits per heavy atom. The Kier molecular flexibility index (Phi) is 19.0. The largest absolute Gasteiger partial charge is 0.465 e. The Balaban J connectivity index is 1.17. The van der Waals surface area contributed by atoms with Gasteiger partial charge in [-0.2, -0.15) is 0 Å². The number of aliphatic hydroxyl groups excluding tert-OH is 1. The topological polar surface area (TPSA) is 130 Å². The number of ether oxygens (including phenoxy) is 10. The Labute approximate surface area is 404 Å². The summed E-state index contributed by atoms with van der Waals surface area (Å²) < 4.78 is 66.7. The van der Waals surface area contributed by atoms with Gasteiger partial charge in [0.1, 0.15) is 30.5 Å². The van der Waals surface area contributed by atoms with Gasteiger partial charge in [0.15, 0.2) is 12.6 Å². The first-order chi connectivity index (χ1) is 34.0. The molecular formula is C57H62O12. The molecule has 0 aromatic heterocycles. The first-order valence-corrected chi connectivity index (χ1v) is 23.6. The highest BCUT2D eigenvalue weighted by molar-refractivity contribution is 5.65. The molecule has 0 radical (unpaired) electrons. The molecule has 0 amide bonds. The second-order valence-electron chi connectivity index (χ2n) is 17.2. The average molecular weight is 939 g/mol. The molecule has 362 valence electrons. The summed E-state index contributed by atoms with van der Waals surface area (Å²) in [5.41, 5.74) is 5.61. The highest BCUT2D eigenvalue weighted by atomic mass is 16.7. The third kappa shape index (κ3) is 14.9. The molecule has 6 aromatic carbocycles. The molecule has 2 aliphatic rings. The number of hydrogen-bond acceptors (Lipinski definition) is 12. The number of hydrogen-bond donors (Lipinski definition) is 1. The average Bonchev–Trinajstić information content (AvgIpc) is 3.39. The molecule has 6 aromatic rings. The minimum absolute atomic E-state index is 0.0160. The van der Waals surface area contributed by atoms with Gasteiger partial charge in [0.25, 0.3) is 0 Å². The normalized spacial score (nSPS) is 24.7. The van der Waals surface area contributed by atoms with Crippen LogP contribution >= 0.6 is 0 Å². The molecule has 0 spiro atoms. The van der Waals surface area contributed by atoms with Crippen molar-refractivity contribution in [3.05, 3.63) is 215 Å². The van der Waals surface area contributed by atoms with Crippen molar-refractivity contribution in [1.29, 1.82) is 0 Å². The molecular weight excluding hydrogens is 877 g/mol. The van der Waals surface area contributed by atoms with E-state index in [-0.39, 0.29) is 52.9 Å². The van der Waals surface area contributed by atoms with Gasteiger partial charge in [-0.3, -0.25) is 4.79 Å². The lowest BCUT2D eigenvalue weighted by Gasteiger charge is -2.49. The van der Waals surface area contributed by atoms with Crippen LogP contribution in [0.15, 0.2) is 182 Å². The number of carbonyl (C=O) groups excluding carboxylic acids is 1. The summed E-state index contributed by atoms with van der Waals surface area (Å²) in [5, 5.41) is 11.9. The van der Waals surface area contributed by atoms with Crippen LogP contribution < -0.4 is 0 Å². The zero-order valence-electron chi connectivity index (χ0n) is 38.9. The van der Waals surface area contributed by atoms with Gasteiger partial charge in [-0.05, 0) is 33.4 Å². The van der Waals surface area contributed by atoms with Gasteiger partial charge in [0.2, 0.25) is 0 Å². The fourth-order valence-corrected chi connectivity index (χ4v) is 8.56. The minimum atomic E-state index is -1.42. The number of rotatable bonds is 24. The van der Waals surface area contributed by atoms with E-state index in [9.17, 15) is 9.90 Å². The molecule has 2 aliphatic heterocycles. The third-order valence-corrected chi connectivity index (χ3v) is 12.1. The van der Waals surface area contributed by atoms with Gasteiger partial charge in [0, 0.05) is 6.92 Å². The van der Waals surface area contributed by atoms with Crippen LogP contribution in [-0.4, -0.2) is 86.2 Å². The van der Waals surface area contributed by atoms with E-state index in [0.29, 0.717) is 6.61 Å². The molecule has 2 heterocycles. The SMILES string of the molecule is CC(=O)OC[C@H]1[C@H](OCc2ccccc2)[C@@H](OCc2ccccc2)[C@H](O[C@H]2[C@H](OCc3ccccc3)[C@@H](OCc3ccccc3)[C@@H](O)O[C@@H]2COCc2ccccc2)O[C@@H]1COCc1ccccc1. The summed E-state index contributed by atoms with van der Waals surface area (Å²) >= 11 is 0. The van der Waals surface area contributed by atoms with Crippen molar-refractivity contribution in [3.8, 4) is 0 Å². The highest BCUT2D eigenvalue weighted by Crippen LogP contribution is 2.37. The molecule has 0 aliphatic carbocycles. The maximum atomic E-state index is 12.5. The maximum Gasteiger partial charge on any atom is 0.302 e. The van der Waals surface area contributed by atoms with Crippen LogP contribution in [0.25, 0.3) is 0 Å². The van der Waals surface area contributed by atoms with E-state index in [0.717, 1.165) is 33.4 Å². The summed E-state index contributed by atoms with van der Waals surface area (Å²) in [5.74, 6) is -1.02. The van der Waals surface area contributed by atoms with E-state index in [1.165, 1.54) is 6.92 Å². The number of benzene rings is 6. The van der Waals surface area contributed by atoms with E-state index in [2.05, 4.69) is 0 Å². The lowest BCUT2D eigenvalue weighted by atomic mass is 9.88. The number of aliphatic hydroxyl groups is 1. The molecule has 12 heteroatoms. The predicted molar refractivity (Wildman–Crippen MR) is 257 cm³/mol. The van der Waals surface area contributed by atoms with Crippen LogP contribution in [0.4, 0.5) is 0 Å². The van der Waals surface area contributed by atoms with Crippen LogP contribution in [0.3, 0.4) is 0 Å². The summed E-state index contributed by atoms with van der Waals surface area (Å²) in [7, 11) is 0. The van der Waals surface area contributed by atoms with E-state index in [4.69, 9.17) is 47.4 Å². The van der Waals surface area contributed by atoms with Crippen molar-refractivity contribution in [2.75, 3.05) is 19.8 Å². The van der Waals surface area contributed by atoms with E-state index >= 15 is 0 Å². The Morgan fingerprint density at radius 1 is 0.420 bits per heavy atom. The summed E-state index contributed by atoms with van der Waals surface area (Å²) in [6, 6.07) is 58.8. The van der Waals surface area contributed by atoms with Crippen LogP contribution in [0, 0.1) is 5.92 Å². The van der Waals surface area contributed by atoms with Gasteiger partial charge in [-0.25, -0.2) is 0 Å². The molecule has 0 saturated carbocycles. The number of esters is 1. The Morgan fingerprint density at radius 3 is 1.20 bits per heavy atom. The zero-order chi connectivity index (χ0) is 47.5. The molecule has 1 N–H and O–H groups in total. The molecule has 12 nitrogen and oxygen atoms in total. The summed E-state index contributed by atoms with van der Waals surface area (Å²) in [6.45, 7) is 2.76. The fraction of sp³-hybridized carbons (Fsp3) is 0.351. The number of carbonyl (C=O) groups is 1. The van der Waals surface area contributed by atoms with Gasteiger partial charge in [0.05, 0.1) is 77.6 Å². The first kappa shape index (κ1) is 49.8. The maximum absolute atomic E-state index is 12.5. The van der Waals surface area contributed by atoms with Gasteiger partial charge in [-0.1, -0.05) is 182 Å². The van der Waals surface area contributed by atoms with Crippen LogP contribution in [0.5, 0.6) is 0 Å². The lowest BCUT2D eigenvalue weighted by Crippen LogP contribution is -2.65. The fourth-order valence-electron chi connectivity index (χ4n) is 8.56. The van der Waals surface area contributed by atoms with Crippen LogP contribution in [-0.2, 0) is 91.8 Å². The van der Waals surface area contributed by atoms with E-state index in [1.54, 1.807) is 0 Å². The molecule has 2 saturated heterocycles. The second-order valence-corrected chi connectivity index (χ2v) is 17.2. The van der Waals surface area contributed by atoms with Gasteiger partial charge < -0.3 is 52.5 Å². The third-order valence-electron chi connectivity index (χ3n) is 12.1. The lowest BCUT2D eigenvalue weighted by molar-refractivity contribution is -0.369. The second kappa shape index (κ2) is 26.4. The first-order valence-electron chi connectivity index (χ1n) is 23.6. The van der Waals surface area contributed by atoms with Crippen LogP contribution in [0.2, 0.25) is 0 Å². The predicted octanol–water partition coefficient (Wildman–Crippen LogP) is 8.77. The Bertz CT molecular complexity index is 2350. The summed E-state index contributed by atoms with van der Waals surface area (Å²) in [6.07, 6.45) is -8.84. The molecule has 0 bridgehead atoms. The minimum Gasteiger partial charge on any atom is -0.465 e. The molecule has 8 rings (SSSR count). The van der Waals surface area contributed by atoms with Crippen molar-refractivity contribution in [2.24, 2.45) is 5.92 Å². The van der Waals surface area contributed by atoms with E-state index < -0.39 is 67.2 Å². The van der Waals surface area contributed by atoms with E-state index in [1.807, 2.05) is 182 Å². The van der Waals surface area contributed by atoms with Crippen molar-refractivity contribution >= 4 is 5.97 Å². The van der Waals surface area contributed by atoms with Crippen molar-refractivity contribution in [1.82, 2.24) is 0 Å². The molecule has 0 unspecified atom stereocenters. The van der Waals surface area contributed by atoms with Crippen molar-refractivity contribution in [3.63, 3.8) is 0 Å². The van der Waals surface area contributed by atoms with Gasteiger partial charge >= 0.3 is 5.97 Å². The van der Waals surface area contributed by atoms with Crippen molar-refractivity contribution < 1.29 is 57.3 Å². The summed E-state index contributed by atoms with van der Waals surface area (Å²) in [4.78, 5) is 12.5.